The normalized spacial score (nSPS) is 10.2. The smallest absolute Gasteiger partial charge is 0.394 e. The fourth-order valence-electron chi connectivity index (χ4n) is 1.82. The quantitative estimate of drug-likeness (QED) is 0.787. The summed E-state index contributed by atoms with van der Waals surface area (Å²) >= 11 is 1.15. The second kappa shape index (κ2) is 7.59. The maximum absolute atomic E-state index is 11.1. The lowest BCUT2D eigenvalue weighted by Crippen LogP contribution is -2.21. The van der Waals surface area contributed by atoms with E-state index >= 15 is 0 Å². The Kier molecular flexibility index (Phi) is 5.53. The van der Waals surface area contributed by atoms with Gasteiger partial charge in [0, 0.05) is 10.9 Å². The Morgan fingerprint density at radius 2 is 1.91 bits per heavy atom. The molecule has 2 N–H and O–H groups in total. The average molecular weight is 336 g/mol. The molecule has 0 radical (unpaired) electrons. The molecule has 7 nitrogen and oxygen atoms in total. The first kappa shape index (κ1) is 16.8. The Labute approximate surface area is 136 Å². The minimum absolute atomic E-state index is 0.222. The van der Waals surface area contributed by atoms with E-state index in [2.05, 4.69) is 10.3 Å². The number of carbonyl (C=O) groups excluding carboxylic acids is 1. The lowest BCUT2D eigenvalue weighted by molar-refractivity contribution is -0.147. The number of benzene rings is 1. The first-order chi connectivity index (χ1) is 11.0. The van der Waals surface area contributed by atoms with Crippen molar-refractivity contribution in [2.45, 2.75) is 13.8 Å². The monoisotopic (exact) mass is 336 g/mol. The summed E-state index contributed by atoms with van der Waals surface area (Å²) in [4.78, 5) is 25.9. The van der Waals surface area contributed by atoms with E-state index in [-0.39, 0.29) is 5.13 Å². The highest BCUT2D eigenvalue weighted by molar-refractivity contribution is 7.14. The molecule has 8 heteroatoms. The maximum atomic E-state index is 11.1. The molecular weight excluding hydrogens is 320 g/mol. The topological polar surface area (TPSA) is 97.8 Å². The second-order valence-electron chi connectivity index (χ2n) is 4.32. The van der Waals surface area contributed by atoms with Crippen LogP contribution < -0.4 is 14.8 Å². The molecule has 1 aromatic carbocycles. The molecule has 0 atom stereocenters. The van der Waals surface area contributed by atoms with Crippen LogP contribution in [0.2, 0.25) is 0 Å². The van der Waals surface area contributed by atoms with Gasteiger partial charge in [-0.05, 0) is 32.0 Å². The van der Waals surface area contributed by atoms with Gasteiger partial charge in [-0.2, -0.15) is 0 Å². The Morgan fingerprint density at radius 1 is 1.22 bits per heavy atom. The highest BCUT2D eigenvalue weighted by Crippen LogP contribution is 2.34. The van der Waals surface area contributed by atoms with Gasteiger partial charge >= 0.3 is 11.9 Å². The number of aliphatic carboxylic acids is 1. The van der Waals surface area contributed by atoms with Gasteiger partial charge in [0.1, 0.15) is 0 Å². The molecule has 0 spiro atoms. The Balaban J connectivity index is 2.24. The Morgan fingerprint density at radius 3 is 2.57 bits per heavy atom. The predicted molar refractivity (Wildman–Crippen MR) is 86.2 cm³/mol. The van der Waals surface area contributed by atoms with Crippen molar-refractivity contribution in [3.05, 3.63) is 23.6 Å². The average Bonchev–Trinajstić information content (AvgIpc) is 2.98. The molecule has 0 saturated carbocycles. The van der Waals surface area contributed by atoms with Crippen molar-refractivity contribution in [1.29, 1.82) is 0 Å². The molecule has 1 aromatic heterocycles. The number of thiazole rings is 1. The molecule has 23 heavy (non-hydrogen) atoms. The number of carbonyl (C=O) groups is 2. The third-order valence-electron chi connectivity index (χ3n) is 2.76. The molecule has 0 fully saturated rings. The third kappa shape index (κ3) is 4.19. The van der Waals surface area contributed by atoms with Crippen LogP contribution in [0.3, 0.4) is 0 Å². The molecule has 1 heterocycles. The zero-order valence-electron chi connectivity index (χ0n) is 12.7. The van der Waals surface area contributed by atoms with Crippen LogP contribution in [0.25, 0.3) is 11.3 Å². The van der Waals surface area contributed by atoms with Crippen LogP contribution in [0.1, 0.15) is 13.8 Å². The van der Waals surface area contributed by atoms with Crippen molar-refractivity contribution < 1.29 is 24.2 Å². The lowest BCUT2D eigenvalue weighted by Gasteiger charge is -2.11. The van der Waals surface area contributed by atoms with Crippen LogP contribution in [0.5, 0.6) is 11.5 Å². The van der Waals surface area contributed by atoms with Crippen molar-refractivity contribution in [3.63, 3.8) is 0 Å². The van der Waals surface area contributed by atoms with Crippen LogP contribution in [0.15, 0.2) is 23.6 Å². The number of ether oxygens (including phenoxy) is 2. The summed E-state index contributed by atoms with van der Waals surface area (Å²) in [5.41, 5.74) is 1.39. The summed E-state index contributed by atoms with van der Waals surface area (Å²) in [5, 5.41) is 12.7. The van der Waals surface area contributed by atoms with Gasteiger partial charge in [0.05, 0.1) is 18.9 Å². The summed E-state index contributed by atoms with van der Waals surface area (Å²) in [6.45, 7) is 4.80. The largest absolute Gasteiger partial charge is 0.490 e. The first-order valence-corrected chi connectivity index (χ1v) is 7.83. The number of carboxylic acids is 1. The van der Waals surface area contributed by atoms with Crippen LogP contribution in [0.4, 0.5) is 5.13 Å². The molecule has 122 valence electrons. The van der Waals surface area contributed by atoms with Gasteiger partial charge in [-0.15, -0.1) is 11.3 Å². The molecule has 2 aromatic rings. The zero-order valence-corrected chi connectivity index (χ0v) is 13.5. The first-order valence-electron chi connectivity index (χ1n) is 6.95. The van der Waals surface area contributed by atoms with E-state index in [1.807, 2.05) is 19.9 Å². The number of hydrogen-bond donors (Lipinski definition) is 2. The second-order valence-corrected chi connectivity index (χ2v) is 5.18. The summed E-state index contributed by atoms with van der Waals surface area (Å²) in [6, 6.07) is 5.41. The summed E-state index contributed by atoms with van der Waals surface area (Å²) in [7, 11) is 0. The molecular formula is C15H16N2O5S. The number of anilines is 1. The standard InChI is InChI=1S/C15H16N2O5S/c1-3-21-11-6-5-9(7-12(11)22-4-2)10-8-23-15(16-10)17-13(18)14(19)20/h5-8H,3-4H2,1-2H3,(H,19,20)(H,16,17,18). The van der Waals surface area contributed by atoms with Gasteiger partial charge in [-0.3, -0.25) is 10.1 Å². The van der Waals surface area contributed by atoms with Gasteiger partial charge in [-0.25, -0.2) is 9.78 Å². The third-order valence-corrected chi connectivity index (χ3v) is 3.52. The van der Waals surface area contributed by atoms with Gasteiger partial charge in [-0.1, -0.05) is 0 Å². The van der Waals surface area contributed by atoms with E-state index in [1.54, 1.807) is 17.5 Å². The van der Waals surface area contributed by atoms with Crippen molar-refractivity contribution in [3.8, 4) is 22.8 Å². The van der Waals surface area contributed by atoms with E-state index in [9.17, 15) is 9.59 Å². The number of hydrogen-bond acceptors (Lipinski definition) is 6. The number of nitrogens with one attached hydrogen (secondary N) is 1. The van der Waals surface area contributed by atoms with E-state index < -0.39 is 11.9 Å². The fraction of sp³-hybridized carbons (Fsp3) is 0.267. The van der Waals surface area contributed by atoms with Crippen molar-refractivity contribution in [2.75, 3.05) is 18.5 Å². The molecule has 0 saturated heterocycles. The van der Waals surface area contributed by atoms with E-state index in [0.717, 1.165) is 16.9 Å². The van der Waals surface area contributed by atoms with Gasteiger partial charge < -0.3 is 14.6 Å². The van der Waals surface area contributed by atoms with Crippen LogP contribution >= 0.6 is 11.3 Å². The summed E-state index contributed by atoms with van der Waals surface area (Å²) in [6.07, 6.45) is 0. The van der Waals surface area contributed by atoms with Crippen LogP contribution in [-0.2, 0) is 9.59 Å². The summed E-state index contributed by atoms with van der Waals surface area (Å²) < 4.78 is 11.1. The number of carboxylic acid groups (broad SMARTS) is 1. The highest BCUT2D eigenvalue weighted by atomic mass is 32.1. The van der Waals surface area contributed by atoms with Gasteiger partial charge in [0.25, 0.3) is 0 Å². The van der Waals surface area contributed by atoms with Crippen LogP contribution in [-0.4, -0.2) is 35.2 Å². The molecule has 0 aliphatic rings. The summed E-state index contributed by atoms with van der Waals surface area (Å²) in [5.74, 6) is -1.42. The number of amides is 1. The fourth-order valence-corrected chi connectivity index (χ4v) is 2.54. The predicted octanol–water partition coefficient (Wildman–Crippen LogP) is 2.63. The van der Waals surface area contributed by atoms with Crippen LogP contribution in [0, 0.1) is 0 Å². The van der Waals surface area contributed by atoms with Gasteiger partial charge in [0.15, 0.2) is 16.6 Å². The molecule has 0 bridgehead atoms. The number of nitrogens with zero attached hydrogens (tertiary/aromatic N) is 1. The molecule has 2 rings (SSSR count). The van der Waals surface area contributed by atoms with Crippen molar-refractivity contribution in [1.82, 2.24) is 4.98 Å². The van der Waals surface area contributed by atoms with E-state index in [1.165, 1.54) is 0 Å². The number of rotatable bonds is 6. The van der Waals surface area contributed by atoms with Crippen molar-refractivity contribution in [2.24, 2.45) is 0 Å². The molecule has 0 aliphatic heterocycles. The Bertz CT molecular complexity index is 714. The van der Waals surface area contributed by atoms with Crippen molar-refractivity contribution >= 4 is 28.3 Å². The Hall–Kier alpha value is -2.61. The highest BCUT2D eigenvalue weighted by Gasteiger charge is 2.15. The van der Waals surface area contributed by atoms with E-state index in [4.69, 9.17) is 14.6 Å². The zero-order chi connectivity index (χ0) is 16.8. The van der Waals surface area contributed by atoms with Gasteiger partial charge in [0.2, 0.25) is 0 Å². The molecule has 1 amide bonds. The SMILES string of the molecule is CCOc1ccc(-c2csc(NC(=O)C(=O)O)n2)cc1OCC. The molecule has 0 aliphatic carbocycles. The maximum Gasteiger partial charge on any atom is 0.394 e. The lowest BCUT2D eigenvalue weighted by atomic mass is 10.1. The number of aromatic nitrogens is 1. The minimum Gasteiger partial charge on any atom is -0.490 e. The minimum atomic E-state index is -1.55. The molecule has 0 unspecified atom stereocenters. The van der Waals surface area contributed by atoms with E-state index in [0.29, 0.717) is 30.4 Å².